The Kier molecular flexibility index (Phi) is 1.83. The van der Waals surface area contributed by atoms with Crippen LogP contribution in [0.15, 0.2) is 6.33 Å². The molecule has 3 rings (SSSR count). The largest absolute Gasteiger partial charge is 0.307 e. The van der Waals surface area contributed by atoms with Crippen molar-refractivity contribution < 1.29 is 0 Å². The molecular weight excluding hydrogens is 176 g/mol. The van der Waals surface area contributed by atoms with E-state index in [1.807, 2.05) is 7.05 Å². The average molecular weight is 192 g/mol. The van der Waals surface area contributed by atoms with Crippen LogP contribution in [0.5, 0.6) is 0 Å². The molecule has 0 saturated heterocycles. The summed E-state index contributed by atoms with van der Waals surface area (Å²) in [6.45, 7) is 0.828. The molecule has 4 nitrogen and oxygen atoms in total. The molecular formula is C10H16N4. The predicted octanol–water partition coefficient (Wildman–Crippen LogP) is 0.703. The van der Waals surface area contributed by atoms with Gasteiger partial charge in [0.25, 0.3) is 0 Å². The normalized spacial score (nSPS) is 34.5. The molecule has 4 heteroatoms. The van der Waals surface area contributed by atoms with Crippen LogP contribution in [0, 0.1) is 11.8 Å². The fraction of sp³-hybridized carbons (Fsp3) is 0.800. The van der Waals surface area contributed by atoms with Gasteiger partial charge in [-0.25, -0.2) is 4.98 Å². The van der Waals surface area contributed by atoms with E-state index in [9.17, 15) is 0 Å². The van der Waals surface area contributed by atoms with E-state index in [4.69, 9.17) is 0 Å². The van der Waals surface area contributed by atoms with Gasteiger partial charge in [0.05, 0.1) is 6.54 Å². The first kappa shape index (κ1) is 8.41. The minimum absolute atomic E-state index is 0.740. The van der Waals surface area contributed by atoms with E-state index >= 15 is 0 Å². The van der Waals surface area contributed by atoms with Crippen molar-refractivity contribution in [3.8, 4) is 0 Å². The van der Waals surface area contributed by atoms with Gasteiger partial charge in [0.2, 0.25) is 0 Å². The van der Waals surface area contributed by atoms with Crippen molar-refractivity contribution in [2.75, 3.05) is 0 Å². The Morgan fingerprint density at radius 2 is 2.50 bits per heavy atom. The molecule has 3 atom stereocenters. The maximum absolute atomic E-state index is 4.25. The lowest BCUT2D eigenvalue weighted by Crippen LogP contribution is -2.28. The summed E-state index contributed by atoms with van der Waals surface area (Å²) in [6, 6.07) is 0.740. The molecule has 0 amide bonds. The molecule has 0 bridgehead atoms. The highest BCUT2D eigenvalue weighted by molar-refractivity contribution is 5.01. The molecule has 14 heavy (non-hydrogen) atoms. The molecule has 2 saturated carbocycles. The molecule has 1 aromatic rings. The lowest BCUT2D eigenvalue weighted by molar-refractivity contribution is 0.466. The number of rotatable bonds is 3. The number of fused-ring (bicyclic) bond motifs is 1. The molecule has 0 spiro atoms. The van der Waals surface area contributed by atoms with Gasteiger partial charge in [-0.05, 0) is 31.1 Å². The Morgan fingerprint density at radius 1 is 1.57 bits per heavy atom. The molecule has 0 aliphatic heterocycles. The van der Waals surface area contributed by atoms with Crippen LogP contribution in [0.2, 0.25) is 0 Å². The molecule has 0 aromatic carbocycles. The van der Waals surface area contributed by atoms with Crippen molar-refractivity contribution in [1.82, 2.24) is 20.1 Å². The third-order valence-corrected chi connectivity index (χ3v) is 3.51. The maximum atomic E-state index is 4.25. The minimum Gasteiger partial charge on any atom is -0.307 e. The number of hydrogen-bond donors (Lipinski definition) is 1. The van der Waals surface area contributed by atoms with E-state index in [0.717, 1.165) is 30.2 Å². The summed E-state index contributed by atoms with van der Waals surface area (Å²) in [5.74, 6) is 2.93. The summed E-state index contributed by atoms with van der Waals surface area (Å²) >= 11 is 0. The maximum Gasteiger partial charge on any atom is 0.164 e. The quantitative estimate of drug-likeness (QED) is 0.766. The number of hydrogen-bond acceptors (Lipinski definition) is 3. The summed E-state index contributed by atoms with van der Waals surface area (Å²) in [5.41, 5.74) is 0. The Bertz CT molecular complexity index is 333. The number of nitrogens with zero attached hydrogens (tertiary/aromatic N) is 3. The van der Waals surface area contributed by atoms with Crippen LogP contribution in [-0.2, 0) is 13.6 Å². The lowest BCUT2D eigenvalue weighted by Gasteiger charge is -2.11. The van der Waals surface area contributed by atoms with Gasteiger partial charge in [-0.2, -0.15) is 5.10 Å². The summed E-state index contributed by atoms with van der Waals surface area (Å²) in [4.78, 5) is 4.20. The molecule has 76 valence electrons. The van der Waals surface area contributed by atoms with E-state index < -0.39 is 0 Å². The Hall–Kier alpha value is -0.900. The van der Waals surface area contributed by atoms with Crippen molar-refractivity contribution in [1.29, 1.82) is 0 Å². The Labute approximate surface area is 83.7 Å². The second-order valence-corrected chi connectivity index (χ2v) is 4.56. The summed E-state index contributed by atoms with van der Waals surface area (Å²) in [5, 5.41) is 7.82. The van der Waals surface area contributed by atoms with Crippen molar-refractivity contribution in [2.45, 2.75) is 31.8 Å². The highest BCUT2D eigenvalue weighted by atomic mass is 15.3. The van der Waals surface area contributed by atoms with Gasteiger partial charge < -0.3 is 5.32 Å². The van der Waals surface area contributed by atoms with Gasteiger partial charge in [0, 0.05) is 13.1 Å². The zero-order valence-corrected chi connectivity index (χ0v) is 8.48. The van der Waals surface area contributed by atoms with Gasteiger partial charge in [-0.3, -0.25) is 4.68 Å². The topological polar surface area (TPSA) is 42.7 Å². The van der Waals surface area contributed by atoms with Crippen LogP contribution in [-0.4, -0.2) is 20.8 Å². The van der Waals surface area contributed by atoms with Gasteiger partial charge in [-0.15, -0.1) is 0 Å². The van der Waals surface area contributed by atoms with Gasteiger partial charge in [-0.1, -0.05) is 0 Å². The third-order valence-electron chi connectivity index (χ3n) is 3.51. The Morgan fingerprint density at radius 3 is 3.07 bits per heavy atom. The molecule has 1 N–H and O–H groups in total. The van der Waals surface area contributed by atoms with Crippen molar-refractivity contribution in [3.63, 3.8) is 0 Å². The average Bonchev–Trinajstić information content (AvgIpc) is 2.66. The molecule has 2 aliphatic carbocycles. The van der Waals surface area contributed by atoms with E-state index in [1.165, 1.54) is 19.3 Å². The summed E-state index contributed by atoms with van der Waals surface area (Å²) in [7, 11) is 1.91. The van der Waals surface area contributed by atoms with E-state index in [0.29, 0.717) is 0 Å². The zero-order valence-electron chi connectivity index (χ0n) is 8.48. The van der Waals surface area contributed by atoms with Crippen molar-refractivity contribution in [2.24, 2.45) is 18.9 Å². The highest BCUT2D eigenvalue weighted by Crippen LogP contribution is 2.51. The SMILES string of the molecule is Cn1cnc(CNC2CC[C@@H]3C[C@H]23)n1. The first-order valence-corrected chi connectivity index (χ1v) is 5.41. The predicted molar refractivity (Wildman–Crippen MR) is 52.5 cm³/mol. The van der Waals surface area contributed by atoms with Crippen LogP contribution in [0.4, 0.5) is 0 Å². The van der Waals surface area contributed by atoms with Crippen molar-refractivity contribution >= 4 is 0 Å². The molecule has 0 radical (unpaired) electrons. The van der Waals surface area contributed by atoms with Crippen LogP contribution in [0.3, 0.4) is 0 Å². The van der Waals surface area contributed by atoms with Crippen molar-refractivity contribution in [3.05, 3.63) is 12.2 Å². The molecule has 2 fully saturated rings. The Balaban J connectivity index is 1.54. The molecule has 1 heterocycles. The van der Waals surface area contributed by atoms with Crippen LogP contribution in [0.1, 0.15) is 25.1 Å². The summed E-state index contributed by atoms with van der Waals surface area (Å²) in [6.07, 6.45) is 5.99. The van der Waals surface area contributed by atoms with E-state index in [2.05, 4.69) is 15.4 Å². The smallest absolute Gasteiger partial charge is 0.164 e. The number of nitrogens with one attached hydrogen (secondary N) is 1. The van der Waals surface area contributed by atoms with Crippen LogP contribution in [0.25, 0.3) is 0 Å². The zero-order chi connectivity index (χ0) is 9.54. The second-order valence-electron chi connectivity index (χ2n) is 4.56. The van der Waals surface area contributed by atoms with Crippen LogP contribution >= 0.6 is 0 Å². The molecule has 1 aromatic heterocycles. The minimum atomic E-state index is 0.740. The summed E-state index contributed by atoms with van der Waals surface area (Å²) < 4.78 is 1.76. The van der Waals surface area contributed by atoms with Gasteiger partial charge in [0.15, 0.2) is 5.82 Å². The fourth-order valence-corrected chi connectivity index (χ4v) is 2.64. The second kappa shape index (κ2) is 3.05. The first-order valence-electron chi connectivity index (χ1n) is 5.41. The third kappa shape index (κ3) is 1.43. The van der Waals surface area contributed by atoms with Gasteiger partial charge >= 0.3 is 0 Å². The lowest BCUT2D eigenvalue weighted by atomic mass is 10.2. The molecule has 2 aliphatic rings. The first-order chi connectivity index (χ1) is 6.83. The van der Waals surface area contributed by atoms with E-state index in [-0.39, 0.29) is 0 Å². The van der Waals surface area contributed by atoms with E-state index in [1.54, 1.807) is 11.0 Å². The standard InChI is InChI=1S/C10H16N4/c1-14-6-12-10(13-14)5-11-9-3-2-7-4-8(7)9/h6-9,11H,2-5H2,1H3/t7-,8+,9?/m1/s1. The number of aromatic nitrogens is 3. The fourth-order valence-electron chi connectivity index (χ4n) is 2.64. The number of aryl methyl sites for hydroxylation is 1. The highest BCUT2D eigenvalue weighted by Gasteiger charge is 2.47. The molecule has 1 unspecified atom stereocenters. The monoisotopic (exact) mass is 192 g/mol. The van der Waals surface area contributed by atoms with Crippen LogP contribution < -0.4 is 5.32 Å². The van der Waals surface area contributed by atoms with Gasteiger partial charge in [0.1, 0.15) is 6.33 Å².